The highest BCUT2D eigenvalue weighted by Crippen LogP contribution is 2.34. The smallest absolute Gasteiger partial charge is 0.235 e. The third-order valence-electron chi connectivity index (χ3n) is 5.18. The zero-order valence-corrected chi connectivity index (χ0v) is 18.3. The molecule has 2 aromatic heterocycles. The number of carbonyl (C=O) groups excluding carboxylic acids is 1. The molecule has 31 heavy (non-hydrogen) atoms. The zero-order valence-electron chi connectivity index (χ0n) is 17.4. The Hall–Kier alpha value is -3.31. The molecule has 4 rings (SSSR count). The Morgan fingerprint density at radius 3 is 2.77 bits per heavy atom. The highest BCUT2D eigenvalue weighted by Gasteiger charge is 2.20. The van der Waals surface area contributed by atoms with Crippen molar-refractivity contribution in [1.82, 2.24) is 4.57 Å². The van der Waals surface area contributed by atoms with E-state index in [0.717, 1.165) is 34.1 Å². The number of hydrogen-bond donors (Lipinski definition) is 1. The molecule has 8 heteroatoms. The molecule has 0 bridgehead atoms. The van der Waals surface area contributed by atoms with Gasteiger partial charge in [-0.15, -0.1) is 11.8 Å². The maximum atomic E-state index is 12.7. The van der Waals surface area contributed by atoms with Crippen LogP contribution >= 0.6 is 11.8 Å². The fourth-order valence-electron chi connectivity index (χ4n) is 3.44. The molecule has 1 aliphatic rings. The van der Waals surface area contributed by atoms with Crippen LogP contribution in [0.1, 0.15) is 29.0 Å². The highest BCUT2D eigenvalue weighted by atomic mass is 32.2. The first kappa shape index (κ1) is 20.9. The molecule has 160 valence electrons. The molecule has 0 saturated heterocycles. The summed E-state index contributed by atoms with van der Waals surface area (Å²) < 4.78 is 18.7. The van der Waals surface area contributed by atoms with E-state index in [9.17, 15) is 10.1 Å². The van der Waals surface area contributed by atoms with Crippen molar-refractivity contribution in [3.8, 4) is 17.6 Å². The van der Waals surface area contributed by atoms with Crippen molar-refractivity contribution in [3.63, 3.8) is 0 Å². The SMILES string of the molecule is Cc1c(C#N)c(NC(=O)CSc2ccc3c(c2)OCCCO3)n(Cc2ccco2)c1C. The molecule has 1 N–H and O–H groups in total. The first-order valence-corrected chi connectivity index (χ1v) is 11.0. The van der Waals surface area contributed by atoms with E-state index in [-0.39, 0.29) is 11.7 Å². The summed E-state index contributed by atoms with van der Waals surface area (Å²) in [5.41, 5.74) is 2.23. The number of nitrogens with one attached hydrogen (secondary N) is 1. The second kappa shape index (κ2) is 9.23. The summed E-state index contributed by atoms with van der Waals surface area (Å²) in [5.74, 6) is 2.69. The van der Waals surface area contributed by atoms with Gasteiger partial charge in [0.25, 0.3) is 0 Å². The van der Waals surface area contributed by atoms with E-state index < -0.39 is 0 Å². The van der Waals surface area contributed by atoms with Gasteiger partial charge in [0.15, 0.2) is 11.5 Å². The number of furan rings is 1. The highest BCUT2D eigenvalue weighted by molar-refractivity contribution is 8.00. The van der Waals surface area contributed by atoms with Crippen LogP contribution in [0.15, 0.2) is 45.9 Å². The lowest BCUT2D eigenvalue weighted by Crippen LogP contribution is -2.18. The molecule has 0 atom stereocenters. The van der Waals surface area contributed by atoms with Gasteiger partial charge in [-0.2, -0.15) is 5.26 Å². The van der Waals surface area contributed by atoms with Crippen LogP contribution in [0.25, 0.3) is 0 Å². The molecule has 3 heterocycles. The molecule has 0 fully saturated rings. The van der Waals surface area contributed by atoms with Gasteiger partial charge in [-0.3, -0.25) is 4.79 Å². The first-order chi connectivity index (χ1) is 15.1. The van der Waals surface area contributed by atoms with Crippen molar-refractivity contribution in [2.75, 3.05) is 24.3 Å². The van der Waals surface area contributed by atoms with Crippen molar-refractivity contribution in [2.24, 2.45) is 0 Å². The third kappa shape index (κ3) is 4.57. The van der Waals surface area contributed by atoms with E-state index in [0.29, 0.717) is 36.9 Å². The number of carbonyl (C=O) groups is 1. The van der Waals surface area contributed by atoms with E-state index in [2.05, 4.69) is 11.4 Å². The molecule has 1 aliphatic heterocycles. The van der Waals surface area contributed by atoms with Gasteiger partial charge in [-0.1, -0.05) is 0 Å². The number of thioether (sulfide) groups is 1. The fraction of sp³-hybridized carbons (Fsp3) is 0.304. The van der Waals surface area contributed by atoms with Gasteiger partial charge in [-0.25, -0.2) is 0 Å². The van der Waals surface area contributed by atoms with Crippen LogP contribution < -0.4 is 14.8 Å². The Morgan fingerprint density at radius 2 is 2.03 bits per heavy atom. The lowest BCUT2D eigenvalue weighted by Gasteiger charge is -2.12. The van der Waals surface area contributed by atoms with Crippen LogP contribution in [0.4, 0.5) is 5.82 Å². The van der Waals surface area contributed by atoms with E-state index >= 15 is 0 Å². The zero-order chi connectivity index (χ0) is 21.8. The molecule has 0 radical (unpaired) electrons. The van der Waals surface area contributed by atoms with Gasteiger partial charge < -0.3 is 23.8 Å². The Bertz CT molecular complexity index is 1130. The second-order valence-corrected chi connectivity index (χ2v) is 8.26. The van der Waals surface area contributed by atoms with Crippen LogP contribution in [-0.2, 0) is 11.3 Å². The largest absolute Gasteiger partial charge is 0.490 e. The normalized spacial score (nSPS) is 12.8. The van der Waals surface area contributed by atoms with Crippen molar-refractivity contribution in [3.05, 3.63) is 59.2 Å². The number of benzene rings is 1. The Balaban J connectivity index is 1.48. The fourth-order valence-corrected chi connectivity index (χ4v) is 4.16. The number of aromatic nitrogens is 1. The molecule has 0 aliphatic carbocycles. The monoisotopic (exact) mass is 437 g/mol. The standard InChI is InChI=1S/C23H23N3O4S/c1-15-16(2)26(13-17-5-3-8-28-17)23(19(15)12-24)25-22(27)14-31-18-6-7-20-21(11-18)30-10-4-9-29-20/h3,5-8,11H,4,9-10,13-14H2,1-2H3,(H,25,27). The maximum Gasteiger partial charge on any atom is 0.235 e. The van der Waals surface area contributed by atoms with Crippen LogP contribution in [0.2, 0.25) is 0 Å². The number of hydrogen-bond acceptors (Lipinski definition) is 6. The number of nitrogens with zero attached hydrogens (tertiary/aromatic N) is 2. The average Bonchev–Trinajstić information content (AvgIpc) is 3.27. The lowest BCUT2D eigenvalue weighted by molar-refractivity contribution is -0.113. The number of rotatable bonds is 6. The summed E-state index contributed by atoms with van der Waals surface area (Å²) in [6, 6.07) is 11.6. The van der Waals surface area contributed by atoms with Gasteiger partial charge in [0.05, 0.1) is 37.3 Å². The van der Waals surface area contributed by atoms with Crippen molar-refractivity contribution in [1.29, 1.82) is 5.26 Å². The lowest BCUT2D eigenvalue weighted by atomic mass is 10.2. The molecule has 0 unspecified atom stereocenters. The predicted molar refractivity (Wildman–Crippen MR) is 118 cm³/mol. The molecule has 0 spiro atoms. The Morgan fingerprint density at radius 1 is 1.23 bits per heavy atom. The molecule has 7 nitrogen and oxygen atoms in total. The quantitative estimate of drug-likeness (QED) is 0.571. The molecule has 0 saturated carbocycles. The van der Waals surface area contributed by atoms with Gasteiger partial charge >= 0.3 is 0 Å². The van der Waals surface area contributed by atoms with Crippen molar-refractivity contribution in [2.45, 2.75) is 31.7 Å². The van der Waals surface area contributed by atoms with Crippen molar-refractivity contribution >= 4 is 23.5 Å². The van der Waals surface area contributed by atoms with E-state index in [1.165, 1.54) is 11.8 Å². The number of anilines is 1. The minimum absolute atomic E-state index is 0.188. The number of fused-ring (bicyclic) bond motifs is 1. The summed E-state index contributed by atoms with van der Waals surface area (Å²) >= 11 is 1.40. The van der Waals surface area contributed by atoms with Gasteiger partial charge in [0.1, 0.15) is 17.6 Å². The molecule has 1 amide bonds. The summed E-state index contributed by atoms with van der Waals surface area (Å²) in [6.45, 7) is 5.51. The minimum atomic E-state index is -0.188. The third-order valence-corrected chi connectivity index (χ3v) is 6.18. The summed E-state index contributed by atoms with van der Waals surface area (Å²) in [5, 5.41) is 12.6. The minimum Gasteiger partial charge on any atom is -0.490 e. The van der Waals surface area contributed by atoms with E-state index in [4.69, 9.17) is 13.9 Å². The molecular formula is C23H23N3O4S. The predicted octanol–water partition coefficient (Wildman–Crippen LogP) is 4.51. The average molecular weight is 438 g/mol. The van der Waals surface area contributed by atoms with Gasteiger partial charge in [0, 0.05) is 17.0 Å². The van der Waals surface area contributed by atoms with Crippen LogP contribution in [0, 0.1) is 25.2 Å². The topological polar surface area (TPSA) is 89.4 Å². The van der Waals surface area contributed by atoms with E-state index in [1.54, 1.807) is 6.26 Å². The van der Waals surface area contributed by atoms with Gasteiger partial charge in [-0.05, 0) is 49.7 Å². The molecule has 1 aromatic carbocycles. The van der Waals surface area contributed by atoms with E-state index in [1.807, 2.05) is 48.7 Å². The number of amides is 1. The molecular weight excluding hydrogens is 414 g/mol. The van der Waals surface area contributed by atoms with Crippen LogP contribution in [-0.4, -0.2) is 29.4 Å². The van der Waals surface area contributed by atoms with Crippen LogP contribution in [0.3, 0.4) is 0 Å². The van der Waals surface area contributed by atoms with Crippen LogP contribution in [0.5, 0.6) is 11.5 Å². The van der Waals surface area contributed by atoms with Crippen molar-refractivity contribution < 1.29 is 18.7 Å². The summed E-state index contributed by atoms with van der Waals surface area (Å²) in [4.78, 5) is 13.7. The second-order valence-electron chi connectivity index (χ2n) is 7.21. The Labute approximate surface area is 184 Å². The van der Waals surface area contributed by atoms with Gasteiger partial charge in [0.2, 0.25) is 5.91 Å². The number of ether oxygens (including phenoxy) is 2. The summed E-state index contributed by atoms with van der Waals surface area (Å²) in [7, 11) is 0. The molecule has 3 aromatic rings. The summed E-state index contributed by atoms with van der Waals surface area (Å²) in [6.07, 6.45) is 2.45. The first-order valence-electron chi connectivity index (χ1n) is 10.0. The maximum absolute atomic E-state index is 12.7. The number of nitriles is 1. The Kier molecular flexibility index (Phi) is 6.23.